The number of benzene rings is 3. The van der Waals surface area contributed by atoms with Gasteiger partial charge in [0.25, 0.3) is 0 Å². The van der Waals surface area contributed by atoms with Crippen LogP contribution in [-0.2, 0) is 16.2 Å². The Hall–Kier alpha value is -4.43. The lowest BCUT2D eigenvalue weighted by Crippen LogP contribution is -2.50. The number of Topliss-reactive ketones (excluding diaryl/α,β-unsaturated/α-hetero) is 1. The summed E-state index contributed by atoms with van der Waals surface area (Å²) in [4.78, 5) is 47.7. The van der Waals surface area contributed by atoms with Gasteiger partial charge in [-0.05, 0) is 95.6 Å². The van der Waals surface area contributed by atoms with Crippen molar-refractivity contribution in [2.24, 2.45) is 0 Å². The first kappa shape index (κ1) is 27.7. The van der Waals surface area contributed by atoms with Crippen LogP contribution in [0.4, 0.5) is 0 Å². The number of hydroxylamine groups is 1. The molecule has 0 bridgehead atoms. The fraction of sp³-hybridized carbons (Fsp3) is 0.324. The van der Waals surface area contributed by atoms with E-state index in [9.17, 15) is 14.4 Å². The molecule has 0 aliphatic carbocycles. The molecule has 216 valence electrons. The van der Waals surface area contributed by atoms with Gasteiger partial charge in [-0.25, -0.2) is 10.3 Å². The van der Waals surface area contributed by atoms with Gasteiger partial charge in [-0.2, -0.15) is 0 Å². The first-order valence-corrected chi connectivity index (χ1v) is 14.5. The van der Waals surface area contributed by atoms with E-state index >= 15 is 0 Å². The molecule has 1 fully saturated rings. The second-order valence-corrected chi connectivity index (χ2v) is 11.5. The normalized spacial score (nSPS) is 15.7. The average Bonchev–Trinajstić information content (AvgIpc) is 3.61. The zero-order valence-electron chi connectivity index (χ0n) is 24.5. The van der Waals surface area contributed by atoms with Crippen LogP contribution >= 0.6 is 0 Å². The largest absolute Gasteiger partial charge is 0.488 e. The van der Waals surface area contributed by atoms with Crippen molar-refractivity contribution in [1.82, 2.24) is 14.9 Å². The van der Waals surface area contributed by atoms with Crippen molar-refractivity contribution in [1.29, 1.82) is 0 Å². The third-order valence-corrected chi connectivity index (χ3v) is 8.61. The van der Waals surface area contributed by atoms with Crippen LogP contribution in [0.5, 0.6) is 5.75 Å². The molecule has 0 atom stereocenters. The van der Waals surface area contributed by atoms with Crippen LogP contribution in [0.1, 0.15) is 65.5 Å². The molecule has 1 saturated heterocycles. The number of ether oxygens (including phenoxy) is 1. The van der Waals surface area contributed by atoms with Gasteiger partial charge in [0.15, 0.2) is 5.78 Å². The lowest BCUT2D eigenvalue weighted by Gasteiger charge is -2.32. The SMILES string of the molecule is CCn1c2ccc(C(=O)c3ccccc3C)cc2c2c3c(ccc21)C(=O)C(NOC(=O)C(C)(C)N1CCCC1)=CCO3. The van der Waals surface area contributed by atoms with E-state index in [0.717, 1.165) is 53.3 Å². The summed E-state index contributed by atoms with van der Waals surface area (Å²) in [7, 11) is 0. The minimum atomic E-state index is -0.812. The number of aryl methyl sites for hydroxylation is 2. The number of carbonyl (C=O) groups is 3. The van der Waals surface area contributed by atoms with E-state index in [1.807, 2.05) is 69.3 Å². The molecular formula is C34H35N3O5. The number of allylic oxidation sites excluding steroid dienone is 1. The first-order valence-electron chi connectivity index (χ1n) is 14.5. The van der Waals surface area contributed by atoms with Crippen LogP contribution in [0, 0.1) is 6.92 Å². The van der Waals surface area contributed by atoms with E-state index in [1.165, 1.54) is 0 Å². The van der Waals surface area contributed by atoms with E-state index in [0.29, 0.717) is 29.0 Å². The van der Waals surface area contributed by atoms with E-state index in [4.69, 9.17) is 9.57 Å². The third-order valence-electron chi connectivity index (χ3n) is 8.61. The molecule has 42 heavy (non-hydrogen) atoms. The number of rotatable bonds is 7. The highest BCUT2D eigenvalue weighted by atomic mass is 16.7. The quantitative estimate of drug-likeness (QED) is 0.226. The van der Waals surface area contributed by atoms with Crippen LogP contribution in [-0.4, -0.2) is 52.2 Å². The number of nitrogens with zero attached hydrogens (tertiary/aromatic N) is 2. The van der Waals surface area contributed by atoms with Gasteiger partial charge in [-0.3, -0.25) is 14.5 Å². The van der Waals surface area contributed by atoms with Crippen LogP contribution in [0.3, 0.4) is 0 Å². The standard InChI is InChI=1S/C34H35N3O5/c1-5-37-27-14-12-22(30(38)23-11-7-6-10-21(23)2)20-25(27)29-28(37)15-13-24-31(39)26(16-19-41-32(24)29)35-42-33(40)34(3,4)36-17-8-9-18-36/h6-7,10-16,20,35H,5,8-9,17-19H2,1-4H3. The molecule has 8 heteroatoms. The molecule has 2 aliphatic rings. The van der Waals surface area contributed by atoms with Crippen LogP contribution in [0.25, 0.3) is 21.8 Å². The zero-order valence-corrected chi connectivity index (χ0v) is 24.5. The Labute approximate surface area is 244 Å². The third kappa shape index (κ3) is 4.56. The minimum absolute atomic E-state index is 0.0572. The highest BCUT2D eigenvalue weighted by molar-refractivity contribution is 6.20. The summed E-state index contributed by atoms with van der Waals surface area (Å²) in [6, 6.07) is 16.9. The zero-order chi connectivity index (χ0) is 29.6. The van der Waals surface area contributed by atoms with Crippen molar-refractivity contribution in [2.75, 3.05) is 19.7 Å². The Morgan fingerprint density at radius 3 is 2.50 bits per heavy atom. The van der Waals surface area contributed by atoms with E-state index in [1.54, 1.807) is 12.1 Å². The Kier molecular flexibility index (Phi) is 7.10. The van der Waals surface area contributed by atoms with Crippen molar-refractivity contribution in [2.45, 2.75) is 52.6 Å². The van der Waals surface area contributed by atoms with Crippen LogP contribution in [0.15, 0.2) is 66.4 Å². The fourth-order valence-corrected chi connectivity index (χ4v) is 6.12. The molecule has 2 aliphatic heterocycles. The smallest absolute Gasteiger partial charge is 0.351 e. The summed E-state index contributed by atoms with van der Waals surface area (Å²) in [5, 5.41) is 1.62. The fourth-order valence-electron chi connectivity index (χ4n) is 6.12. The Balaban J connectivity index is 1.36. The molecule has 0 unspecified atom stereocenters. The van der Waals surface area contributed by atoms with Gasteiger partial charge in [0.2, 0.25) is 5.78 Å². The maximum atomic E-state index is 13.7. The second kappa shape index (κ2) is 10.8. The van der Waals surface area contributed by atoms with Crippen LogP contribution in [0.2, 0.25) is 0 Å². The maximum absolute atomic E-state index is 13.7. The average molecular weight is 566 g/mol. The summed E-state index contributed by atoms with van der Waals surface area (Å²) < 4.78 is 8.36. The van der Waals surface area contributed by atoms with Gasteiger partial charge < -0.3 is 14.1 Å². The number of hydrogen-bond donors (Lipinski definition) is 1. The first-order chi connectivity index (χ1) is 20.2. The van der Waals surface area contributed by atoms with Crippen molar-refractivity contribution < 1.29 is 24.0 Å². The number of likely N-dealkylation sites (tertiary alicyclic amines) is 1. The summed E-state index contributed by atoms with van der Waals surface area (Å²) >= 11 is 0. The second-order valence-electron chi connectivity index (χ2n) is 11.5. The lowest BCUT2D eigenvalue weighted by molar-refractivity contribution is -0.161. The minimum Gasteiger partial charge on any atom is -0.488 e. The van der Waals surface area contributed by atoms with Crippen molar-refractivity contribution in [3.63, 3.8) is 0 Å². The number of ketones is 2. The topological polar surface area (TPSA) is 89.9 Å². The predicted octanol–water partition coefficient (Wildman–Crippen LogP) is 5.74. The van der Waals surface area contributed by atoms with Gasteiger partial charge in [-0.1, -0.05) is 24.3 Å². The molecule has 0 saturated carbocycles. The number of aromatic nitrogens is 1. The molecule has 0 amide bonds. The van der Waals surface area contributed by atoms with Crippen molar-refractivity contribution >= 4 is 39.3 Å². The number of hydrogen-bond acceptors (Lipinski definition) is 7. The lowest BCUT2D eigenvalue weighted by atomic mass is 9.97. The number of fused-ring (bicyclic) bond motifs is 5. The molecule has 0 radical (unpaired) electrons. The Morgan fingerprint density at radius 1 is 1.02 bits per heavy atom. The molecular weight excluding hydrogens is 530 g/mol. The molecule has 0 spiro atoms. The Bertz CT molecular complexity index is 1780. The van der Waals surface area contributed by atoms with E-state index in [2.05, 4.69) is 21.9 Å². The van der Waals surface area contributed by atoms with Gasteiger partial charge >= 0.3 is 5.97 Å². The maximum Gasteiger partial charge on any atom is 0.351 e. The van der Waals surface area contributed by atoms with E-state index in [-0.39, 0.29) is 23.9 Å². The van der Waals surface area contributed by atoms with E-state index < -0.39 is 11.5 Å². The molecule has 3 aromatic carbocycles. The molecule has 1 N–H and O–H groups in total. The molecule has 1 aromatic heterocycles. The predicted molar refractivity (Wildman–Crippen MR) is 162 cm³/mol. The monoisotopic (exact) mass is 565 g/mol. The number of carbonyl (C=O) groups excluding carboxylic acids is 3. The molecule has 3 heterocycles. The molecule has 6 rings (SSSR count). The van der Waals surface area contributed by atoms with Crippen molar-refractivity contribution in [3.05, 3.63) is 88.6 Å². The van der Waals surface area contributed by atoms with Gasteiger partial charge in [0, 0.05) is 28.6 Å². The molecule has 4 aromatic rings. The summed E-state index contributed by atoms with van der Waals surface area (Å²) in [6.07, 6.45) is 3.69. The highest BCUT2D eigenvalue weighted by Crippen LogP contribution is 2.40. The number of nitrogens with one attached hydrogen (secondary N) is 1. The summed E-state index contributed by atoms with van der Waals surface area (Å²) in [5.41, 5.74) is 6.33. The highest BCUT2D eigenvalue weighted by Gasteiger charge is 2.38. The van der Waals surface area contributed by atoms with Gasteiger partial charge in [0.05, 0.1) is 16.5 Å². The molecule has 8 nitrogen and oxygen atoms in total. The summed E-state index contributed by atoms with van der Waals surface area (Å²) in [5.74, 6) is -0.387. The van der Waals surface area contributed by atoms with Gasteiger partial charge in [0.1, 0.15) is 23.6 Å². The van der Waals surface area contributed by atoms with Gasteiger partial charge in [-0.15, -0.1) is 0 Å². The Morgan fingerprint density at radius 2 is 1.76 bits per heavy atom. The van der Waals surface area contributed by atoms with Crippen molar-refractivity contribution in [3.8, 4) is 5.75 Å². The van der Waals surface area contributed by atoms with Crippen LogP contribution < -0.4 is 10.2 Å². The summed E-state index contributed by atoms with van der Waals surface area (Å²) in [6.45, 7) is 10.1.